The van der Waals surface area contributed by atoms with E-state index in [4.69, 9.17) is 9.15 Å². The number of para-hydroxylation sites is 1. The topological polar surface area (TPSA) is 149 Å². The van der Waals surface area contributed by atoms with Crippen LogP contribution in [0.25, 0.3) is 11.1 Å². The molecule has 12 heteroatoms. The summed E-state index contributed by atoms with van der Waals surface area (Å²) >= 11 is 0. The highest BCUT2D eigenvalue weighted by molar-refractivity contribution is 6.14. The second kappa shape index (κ2) is 14.2. The van der Waals surface area contributed by atoms with E-state index in [9.17, 15) is 19.2 Å². The van der Waals surface area contributed by atoms with Crippen molar-refractivity contribution in [2.45, 2.75) is 52.0 Å². The number of benzene rings is 2. The van der Waals surface area contributed by atoms with Crippen molar-refractivity contribution in [3.05, 3.63) is 102 Å². The van der Waals surface area contributed by atoms with Crippen LogP contribution in [0, 0.1) is 0 Å². The molecule has 47 heavy (non-hydrogen) atoms. The fourth-order valence-corrected chi connectivity index (χ4v) is 5.11. The van der Waals surface area contributed by atoms with Gasteiger partial charge in [-0.05, 0) is 50.1 Å². The molecule has 5 rings (SSSR count). The molecule has 0 bridgehead atoms. The number of hydrogen-bond donors (Lipinski definition) is 3. The molecule has 0 atom stereocenters. The predicted octanol–water partition coefficient (Wildman–Crippen LogP) is 6.70. The van der Waals surface area contributed by atoms with Gasteiger partial charge in [0, 0.05) is 19.3 Å². The quantitative estimate of drug-likeness (QED) is 0.129. The fourth-order valence-electron chi connectivity index (χ4n) is 5.11. The molecular weight excluding hydrogens is 600 g/mol. The number of aromatic nitrogens is 3. The van der Waals surface area contributed by atoms with Gasteiger partial charge in [-0.2, -0.15) is 4.68 Å². The van der Waals surface area contributed by atoms with E-state index in [-0.39, 0.29) is 40.5 Å². The predicted molar refractivity (Wildman–Crippen MR) is 178 cm³/mol. The number of nitrogens with one attached hydrogen (secondary N) is 3. The van der Waals surface area contributed by atoms with Gasteiger partial charge in [0.2, 0.25) is 0 Å². The molecule has 0 saturated heterocycles. The first-order valence-electron chi connectivity index (χ1n) is 15.5. The molecular formula is C35H38N6O6. The van der Waals surface area contributed by atoms with Crippen LogP contribution in [-0.4, -0.2) is 44.8 Å². The first kappa shape index (κ1) is 32.7. The second-order valence-electron chi connectivity index (χ2n) is 11.7. The van der Waals surface area contributed by atoms with E-state index in [1.54, 1.807) is 54.2 Å². The number of rotatable bonds is 12. The molecule has 0 spiro atoms. The van der Waals surface area contributed by atoms with Crippen LogP contribution in [0.1, 0.15) is 83.4 Å². The number of hydrogen-bond acceptors (Lipinski definition) is 7. The number of carbonyl (C=O) groups excluding carboxylic acids is 4. The van der Waals surface area contributed by atoms with Crippen LogP contribution in [0.3, 0.4) is 0 Å². The zero-order valence-electron chi connectivity index (χ0n) is 26.8. The van der Waals surface area contributed by atoms with Crippen LogP contribution in [0.5, 0.6) is 0 Å². The Hall–Kier alpha value is -5.65. The maximum atomic E-state index is 13.6. The van der Waals surface area contributed by atoms with Crippen LogP contribution >= 0.6 is 0 Å². The lowest BCUT2D eigenvalue weighted by molar-refractivity contribution is 0.0884. The lowest BCUT2D eigenvalue weighted by Gasteiger charge is -2.26. The Kier molecular flexibility index (Phi) is 9.88. The van der Waals surface area contributed by atoms with Gasteiger partial charge < -0.3 is 29.7 Å². The Morgan fingerprint density at radius 1 is 0.872 bits per heavy atom. The molecule has 0 fully saturated rings. The normalized spacial score (nSPS) is 11.3. The Morgan fingerprint density at radius 3 is 2.34 bits per heavy atom. The number of aryl methyl sites for hydroxylation is 1. The molecule has 3 aromatic heterocycles. The van der Waals surface area contributed by atoms with E-state index < -0.39 is 29.4 Å². The Balaban J connectivity index is 1.43. The standard InChI is InChI=1S/C35H38N6O6/c1-5-6-7-13-21-46-34(45)41-27-22-28(33(44)38-35(2,3)23-15-9-8-10-16-23)47-29(27)30(39-41)37-31(42)24-17-11-12-18-25(24)36-32(43)26-19-14-20-40(26)4/h8-12,14-20,22H,5-7,13,21H2,1-4H3,(H,36,43)(H,38,44)(H,37,39,42). The molecule has 5 aromatic rings. The fraction of sp³-hybridized carbons (Fsp3) is 0.286. The lowest BCUT2D eigenvalue weighted by atomic mass is 9.94. The molecule has 0 aliphatic heterocycles. The largest absolute Gasteiger partial charge is 0.448 e. The van der Waals surface area contributed by atoms with Crippen molar-refractivity contribution >= 4 is 46.4 Å². The Bertz CT molecular complexity index is 1900. The summed E-state index contributed by atoms with van der Waals surface area (Å²) in [6.07, 6.45) is 4.62. The average Bonchev–Trinajstić information content (AvgIpc) is 3.77. The van der Waals surface area contributed by atoms with Crippen LogP contribution in [0.4, 0.5) is 16.3 Å². The highest BCUT2D eigenvalue weighted by Crippen LogP contribution is 2.29. The van der Waals surface area contributed by atoms with Crippen molar-refractivity contribution < 1.29 is 28.3 Å². The van der Waals surface area contributed by atoms with Gasteiger partial charge in [0.25, 0.3) is 17.7 Å². The van der Waals surface area contributed by atoms with Crippen molar-refractivity contribution in [3.63, 3.8) is 0 Å². The van der Waals surface area contributed by atoms with Crippen LogP contribution in [0.15, 0.2) is 83.4 Å². The van der Waals surface area contributed by atoms with E-state index in [2.05, 4.69) is 28.0 Å². The minimum atomic E-state index is -0.778. The van der Waals surface area contributed by atoms with Gasteiger partial charge in [-0.25, -0.2) is 4.79 Å². The van der Waals surface area contributed by atoms with E-state index in [0.29, 0.717) is 12.1 Å². The number of ether oxygens (including phenoxy) is 1. The zero-order chi connectivity index (χ0) is 33.6. The first-order chi connectivity index (χ1) is 22.6. The van der Waals surface area contributed by atoms with E-state index in [0.717, 1.165) is 29.5 Å². The van der Waals surface area contributed by atoms with E-state index in [1.807, 2.05) is 44.2 Å². The summed E-state index contributed by atoms with van der Waals surface area (Å²) in [7, 11) is 1.74. The van der Waals surface area contributed by atoms with E-state index >= 15 is 0 Å². The number of nitrogens with zero attached hydrogens (tertiary/aromatic N) is 3. The summed E-state index contributed by atoms with van der Waals surface area (Å²) in [6, 6.07) is 20.7. The van der Waals surface area contributed by atoms with Crippen LogP contribution < -0.4 is 16.0 Å². The first-order valence-corrected chi connectivity index (χ1v) is 15.5. The molecule has 3 heterocycles. The maximum absolute atomic E-state index is 13.6. The molecule has 0 aliphatic carbocycles. The van der Waals surface area contributed by atoms with Gasteiger partial charge in [0.05, 0.1) is 23.4 Å². The van der Waals surface area contributed by atoms with Crippen LogP contribution in [0.2, 0.25) is 0 Å². The second-order valence-corrected chi connectivity index (χ2v) is 11.7. The van der Waals surface area contributed by atoms with Crippen molar-refractivity contribution in [2.24, 2.45) is 7.05 Å². The summed E-state index contributed by atoms with van der Waals surface area (Å²) in [5.74, 6) is -1.74. The van der Waals surface area contributed by atoms with Gasteiger partial charge in [-0.15, -0.1) is 5.10 Å². The van der Waals surface area contributed by atoms with Crippen LogP contribution in [-0.2, 0) is 17.3 Å². The third-order valence-corrected chi connectivity index (χ3v) is 7.73. The molecule has 0 aliphatic rings. The monoisotopic (exact) mass is 638 g/mol. The SMILES string of the molecule is CCCCCCOC(=O)n1nc(NC(=O)c2ccccc2NC(=O)c2cccn2C)c2oc(C(=O)NC(C)(C)c3ccccc3)cc21. The van der Waals surface area contributed by atoms with Gasteiger partial charge in [-0.3, -0.25) is 14.4 Å². The minimum Gasteiger partial charge on any atom is -0.448 e. The number of fused-ring (bicyclic) bond motifs is 1. The summed E-state index contributed by atoms with van der Waals surface area (Å²) < 4.78 is 14.0. The number of unbranched alkanes of at least 4 members (excludes halogenated alkanes) is 3. The average molecular weight is 639 g/mol. The highest BCUT2D eigenvalue weighted by Gasteiger charge is 2.29. The van der Waals surface area contributed by atoms with Gasteiger partial charge in [0.1, 0.15) is 11.2 Å². The molecule has 3 N–H and O–H groups in total. The molecule has 0 radical (unpaired) electrons. The molecule has 244 valence electrons. The smallest absolute Gasteiger partial charge is 0.435 e. The summed E-state index contributed by atoms with van der Waals surface area (Å²) in [5.41, 5.74) is 1.11. The summed E-state index contributed by atoms with van der Waals surface area (Å²) in [5, 5.41) is 12.7. The lowest BCUT2D eigenvalue weighted by Crippen LogP contribution is -2.40. The minimum absolute atomic E-state index is 0.00859. The maximum Gasteiger partial charge on any atom is 0.435 e. The molecule has 2 aromatic carbocycles. The molecule has 0 unspecified atom stereocenters. The number of furan rings is 1. The van der Waals surface area contributed by atoms with Gasteiger partial charge in [-0.1, -0.05) is 68.7 Å². The van der Waals surface area contributed by atoms with Crippen molar-refractivity contribution in [2.75, 3.05) is 17.2 Å². The molecule has 0 saturated carbocycles. The number of anilines is 2. The Labute approximate surface area is 272 Å². The summed E-state index contributed by atoms with van der Waals surface area (Å²) in [6.45, 7) is 6.00. The molecule has 3 amide bonds. The van der Waals surface area contributed by atoms with Crippen molar-refractivity contribution in [1.29, 1.82) is 0 Å². The van der Waals surface area contributed by atoms with Gasteiger partial charge in [0.15, 0.2) is 17.2 Å². The summed E-state index contributed by atoms with van der Waals surface area (Å²) in [4.78, 5) is 53.0. The van der Waals surface area contributed by atoms with Crippen molar-refractivity contribution in [3.8, 4) is 0 Å². The highest BCUT2D eigenvalue weighted by atomic mass is 16.6. The number of amides is 3. The molecule has 12 nitrogen and oxygen atoms in total. The number of carbonyl (C=O) groups is 4. The van der Waals surface area contributed by atoms with Gasteiger partial charge >= 0.3 is 6.09 Å². The third-order valence-electron chi connectivity index (χ3n) is 7.73. The zero-order valence-corrected chi connectivity index (χ0v) is 26.8. The third kappa shape index (κ3) is 7.43. The van der Waals surface area contributed by atoms with Crippen molar-refractivity contribution in [1.82, 2.24) is 19.7 Å². The Morgan fingerprint density at radius 2 is 1.62 bits per heavy atom. The van der Waals surface area contributed by atoms with E-state index in [1.165, 1.54) is 6.07 Å².